The number of carbonyl (C=O) groups excluding carboxylic acids is 2. The highest BCUT2D eigenvalue weighted by Crippen LogP contribution is 2.16. The number of aromatic nitrogens is 2. The summed E-state index contributed by atoms with van der Waals surface area (Å²) in [6, 6.07) is 9.12. The number of rotatable bonds is 4. The number of hydrogen-bond acceptors (Lipinski definition) is 4. The zero-order chi connectivity index (χ0) is 17.1. The van der Waals surface area contributed by atoms with Gasteiger partial charge in [0.25, 0.3) is 5.91 Å². The van der Waals surface area contributed by atoms with Gasteiger partial charge in [-0.1, -0.05) is 26.0 Å². The molecule has 0 saturated carbocycles. The van der Waals surface area contributed by atoms with E-state index in [1.165, 1.54) is 0 Å². The van der Waals surface area contributed by atoms with Crippen molar-refractivity contribution in [1.82, 2.24) is 15.6 Å². The SMILES string of the molecule is CC(C)c1cc(C(=O)Nc2ccc(C3=NNC(=O)CC3)cc2)n[nH]1. The van der Waals surface area contributed by atoms with Gasteiger partial charge in [-0.05, 0) is 29.7 Å². The van der Waals surface area contributed by atoms with Crippen LogP contribution in [0.15, 0.2) is 35.4 Å². The number of hydrazone groups is 1. The maximum atomic E-state index is 12.2. The third-order valence-corrected chi connectivity index (χ3v) is 3.83. The van der Waals surface area contributed by atoms with Crippen molar-refractivity contribution in [2.45, 2.75) is 32.6 Å². The van der Waals surface area contributed by atoms with Crippen molar-refractivity contribution in [2.24, 2.45) is 5.10 Å². The summed E-state index contributed by atoms with van der Waals surface area (Å²) in [5.41, 5.74) is 6.20. The highest BCUT2D eigenvalue weighted by molar-refractivity contribution is 6.05. The molecular weight excluding hydrogens is 306 g/mol. The molecule has 2 heterocycles. The smallest absolute Gasteiger partial charge is 0.276 e. The molecule has 0 radical (unpaired) electrons. The Morgan fingerprint density at radius 1 is 1.21 bits per heavy atom. The van der Waals surface area contributed by atoms with Crippen LogP contribution in [-0.4, -0.2) is 27.7 Å². The number of benzene rings is 1. The number of carbonyl (C=O) groups is 2. The largest absolute Gasteiger partial charge is 0.321 e. The van der Waals surface area contributed by atoms with Gasteiger partial charge in [-0.3, -0.25) is 14.7 Å². The van der Waals surface area contributed by atoms with Crippen molar-refractivity contribution in [1.29, 1.82) is 0 Å². The number of hydrogen-bond donors (Lipinski definition) is 3. The van der Waals surface area contributed by atoms with Crippen LogP contribution in [-0.2, 0) is 4.79 Å². The van der Waals surface area contributed by atoms with E-state index in [2.05, 4.69) is 26.0 Å². The number of nitrogens with one attached hydrogen (secondary N) is 3. The van der Waals surface area contributed by atoms with E-state index in [1.54, 1.807) is 6.07 Å². The van der Waals surface area contributed by atoms with Crippen LogP contribution in [0.5, 0.6) is 0 Å². The molecule has 1 aromatic carbocycles. The van der Waals surface area contributed by atoms with Gasteiger partial charge in [0.15, 0.2) is 5.69 Å². The Bertz CT molecular complexity index is 790. The van der Waals surface area contributed by atoms with Crippen LogP contribution in [0.4, 0.5) is 5.69 Å². The van der Waals surface area contributed by atoms with E-state index in [0.717, 1.165) is 17.0 Å². The van der Waals surface area contributed by atoms with Gasteiger partial charge in [-0.25, -0.2) is 5.43 Å². The lowest BCUT2D eigenvalue weighted by Crippen LogP contribution is -2.25. The van der Waals surface area contributed by atoms with Gasteiger partial charge in [-0.2, -0.15) is 10.2 Å². The first-order valence-electron chi connectivity index (χ1n) is 7.85. The minimum atomic E-state index is -0.256. The number of aromatic amines is 1. The van der Waals surface area contributed by atoms with Crippen LogP contribution in [0.3, 0.4) is 0 Å². The van der Waals surface area contributed by atoms with E-state index in [-0.39, 0.29) is 17.7 Å². The second kappa shape index (κ2) is 6.66. The summed E-state index contributed by atoms with van der Waals surface area (Å²) in [7, 11) is 0. The molecule has 0 aliphatic carbocycles. The molecule has 3 N–H and O–H groups in total. The summed E-state index contributed by atoms with van der Waals surface area (Å²) in [5, 5.41) is 13.8. The van der Waals surface area contributed by atoms with Crippen molar-refractivity contribution in [3.8, 4) is 0 Å². The second-order valence-corrected chi connectivity index (χ2v) is 5.99. The summed E-state index contributed by atoms with van der Waals surface area (Å²) < 4.78 is 0. The molecule has 1 aliphatic heterocycles. The average molecular weight is 325 g/mol. The van der Waals surface area contributed by atoms with E-state index in [4.69, 9.17) is 0 Å². The minimum Gasteiger partial charge on any atom is -0.321 e. The Hall–Kier alpha value is -2.96. The van der Waals surface area contributed by atoms with E-state index in [9.17, 15) is 9.59 Å². The number of amides is 2. The summed E-state index contributed by atoms with van der Waals surface area (Å²) >= 11 is 0. The van der Waals surface area contributed by atoms with Crippen LogP contribution in [0.2, 0.25) is 0 Å². The third-order valence-electron chi connectivity index (χ3n) is 3.83. The Kier molecular flexibility index (Phi) is 4.41. The van der Waals surface area contributed by atoms with Crippen LogP contribution in [0.25, 0.3) is 0 Å². The summed E-state index contributed by atoms with van der Waals surface area (Å²) in [5.74, 6) is -0.0364. The van der Waals surface area contributed by atoms with Crippen molar-refractivity contribution in [3.63, 3.8) is 0 Å². The van der Waals surface area contributed by atoms with Gasteiger partial charge in [0.1, 0.15) is 0 Å². The first-order chi connectivity index (χ1) is 11.5. The van der Waals surface area contributed by atoms with Gasteiger partial charge in [0.2, 0.25) is 5.91 Å². The Labute approximate surface area is 139 Å². The summed E-state index contributed by atoms with van der Waals surface area (Å²) in [6.45, 7) is 4.06. The maximum absolute atomic E-state index is 12.2. The molecule has 0 fully saturated rings. The molecule has 0 atom stereocenters. The molecule has 24 heavy (non-hydrogen) atoms. The Balaban J connectivity index is 1.67. The van der Waals surface area contributed by atoms with Crippen LogP contribution >= 0.6 is 0 Å². The Morgan fingerprint density at radius 3 is 2.54 bits per heavy atom. The van der Waals surface area contributed by atoms with Crippen LogP contribution in [0.1, 0.15) is 54.4 Å². The van der Waals surface area contributed by atoms with Crippen LogP contribution < -0.4 is 10.7 Å². The predicted octanol–water partition coefficient (Wildman–Crippen LogP) is 2.40. The fourth-order valence-electron chi connectivity index (χ4n) is 2.37. The van der Waals surface area contributed by atoms with Crippen molar-refractivity contribution < 1.29 is 9.59 Å². The molecule has 2 aromatic rings. The lowest BCUT2D eigenvalue weighted by molar-refractivity contribution is -0.121. The monoisotopic (exact) mass is 325 g/mol. The summed E-state index contributed by atoms with van der Waals surface area (Å²) in [4.78, 5) is 23.3. The molecular formula is C17H19N5O2. The Morgan fingerprint density at radius 2 is 1.96 bits per heavy atom. The van der Waals surface area contributed by atoms with E-state index >= 15 is 0 Å². The fourth-order valence-corrected chi connectivity index (χ4v) is 2.37. The molecule has 0 spiro atoms. The highest BCUT2D eigenvalue weighted by atomic mass is 16.2. The zero-order valence-corrected chi connectivity index (χ0v) is 13.6. The van der Waals surface area contributed by atoms with Crippen LogP contribution in [0, 0.1) is 0 Å². The van der Waals surface area contributed by atoms with E-state index < -0.39 is 0 Å². The number of anilines is 1. The van der Waals surface area contributed by atoms with Gasteiger partial charge in [-0.15, -0.1) is 0 Å². The summed E-state index contributed by atoms with van der Waals surface area (Å²) in [6.07, 6.45) is 1.05. The normalized spacial score (nSPS) is 14.3. The molecule has 0 unspecified atom stereocenters. The molecule has 7 nitrogen and oxygen atoms in total. The molecule has 2 amide bonds. The molecule has 7 heteroatoms. The predicted molar refractivity (Wildman–Crippen MR) is 91.0 cm³/mol. The van der Waals surface area contributed by atoms with Crippen molar-refractivity contribution >= 4 is 23.2 Å². The molecule has 1 aromatic heterocycles. The number of H-pyrrole nitrogens is 1. The fraction of sp³-hybridized carbons (Fsp3) is 0.294. The first kappa shape index (κ1) is 15.9. The average Bonchev–Trinajstić information content (AvgIpc) is 3.07. The maximum Gasteiger partial charge on any atom is 0.276 e. The quantitative estimate of drug-likeness (QED) is 0.805. The van der Waals surface area contributed by atoms with Crippen molar-refractivity contribution in [2.75, 3.05) is 5.32 Å². The topological polar surface area (TPSA) is 99.2 Å². The van der Waals surface area contributed by atoms with Gasteiger partial charge in [0, 0.05) is 24.2 Å². The van der Waals surface area contributed by atoms with Gasteiger partial charge < -0.3 is 5.32 Å². The van der Waals surface area contributed by atoms with Gasteiger partial charge in [0.05, 0.1) is 5.71 Å². The molecule has 0 saturated heterocycles. The molecule has 3 rings (SSSR count). The van der Waals surface area contributed by atoms with E-state index in [0.29, 0.717) is 24.2 Å². The minimum absolute atomic E-state index is 0.0672. The van der Waals surface area contributed by atoms with Gasteiger partial charge >= 0.3 is 0 Å². The zero-order valence-electron chi connectivity index (χ0n) is 13.6. The lowest BCUT2D eigenvalue weighted by atomic mass is 10.0. The molecule has 124 valence electrons. The number of nitrogens with zero attached hydrogens (tertiary/aromatic N) is 2. The lowest BCUT2D eigenvalue weighted by Gasteiger charge is -2.12. The van der Waals surface area contributed by atoms with E-state index in [1.807, 2.05) is 38.1 Å². The van der Waals surface area contributed by atoms with Crippen molar-refractivity contribution in [3.05, 3.63) is 47.3 Å². The highest BCUT2D eigenvalue weighted by Gasteiger charge is 2.14. The first-order valence-corrected chi connectivity index (χ1v) is 7.85. The molecule has 1 aliphatic rings. The molecule has 0 bridgehead atoms. The third kappa shape index (κ3) is 3.51. The standard InChI is InChI=1S/C17H19N5O2/c1-10(2)14-9-15(21-20-14)17(24)18-12-5-3-11(4-6-12)13-7-8-16(23)22-19-13/h3-6,9-10H,7-8H2,1-2H3,(H,18,24)(H,20,21)(H,22,23). The second-order valence-electron chi connectivity index (χ2n) is 5.99.